The topological polar surface area (TPSA) is 47.0 Å². The highest BCUT2D eigenvalue weighted by molar-refractivity contribution is 5.55. The van der Waals surface area contributed by atoms with Gasteiger partial charge in [-0.1, -0.05) is 26.0 Å². The van der Waals surface area contributed by atoms with E-state index >= 15 is 0 Å². The lowest BCUT2D eigenvalue weighted by atomic mass is 10.0. The molecule has 1 aromatic heterocycles. The minimum Gasteiger partial charge on any atom is -0.477 e. The molecule has 0 saturated carbocycles. The summed E-state index contributed by atoms with van der Waals surface area (Å²) in [6.45, 7) is 5.80. The maximum atomic E-state index is 12.9. The van der Waals surface area contributed by atoms with Gasteiger partial charge in [0, 0.05) is 11.9 Å². The number of benzene rings is 1. The van der Waals surface area contributed by atoms with Crippen LogP contribution in [0.15, 0.2) is 30.5 Å². The molecular formula is C16H18F3N3O. The van der Waals surface area contributed by atoms with E-state index in [2.05, 4.69) is 29.1 Å². The average Bonchev–Trinajstić information content (AvgIpc) is 2.47. The molecule has 0 atom stereocenters. The zero-order valence-electron chi connectivity index (χ0n) is 13.1. The van der Waals surface area contributed by atoms with Crippen LogP contribution in [-0.4, -0.2) is 16.6 Å². The van der Waals surface area contributed by atoms with Crippen LogP contribution < -0.4 is 10.1 Å². The molecule has 0 fully saturated rings. The predicted octanol–water partition coefficient (Wildman–Crippen LogP) is 4.76. The Labute approximate surface area is 132 Å². The third-order valence-corrected chi connectivity index (χ3v) is 3.15. The number of anilines is 2. The summed E-state index contributed by atoms with van der Waals surface area (Å²) in [5.74, 6) is -0.0795. The van der Waals surface area contributed by atoms with Gasteiger partial charge in [-0.2, -0.15) is 18.2 Å². The number of ether oxygens (including phenoxy) is 1. The van der Waals surface area contributed by atoms with Gasteiger partial charge in [-0.25, -0.2) is 4.98 Å². The molecule has 0 aliphatic rings. The molecule has 0 bridgehead atoms. The predicted molar refractivity (Wildman–Crippen MR) is 82.0 cm³/mol. The van der Waals surface area contributed by atoms with Crippen LogP contribution in [0.5, 0.6) is 5.88 Å². The van der Waals surface area contributed by atoms with Crippen molar-refractivity contribution in [2.24, 2.45) is 0 Å². The minimum absolute atomic E-state index is 0.0577. The van der Waals surface area contributed by atoms with Crippen molar-refractivity contribution in [2.75, 3.05) is 11.9 Å². The van der Waals surface area contributed by atoms with Crippen LogP contribution in [-0.2, 0) is 6.18 Å². The van der Waals surface area contributed by atoms with Crippen molar-refractivity contribution in [3.8, 4) is 5.88 Å². The molecule has 124 valence electrons. The van der Waals surface area contributed by atoms with E-state index in [4.69, 9.17) is 4.74 Å². The van der Waals surface area contributed by atoms with Gasteiger partial charge in [0.25, 0.3) is 0 Å². The number of nitrogens with zero attached hydrogens (tertiary/aromatic N) is 2. The molecule has 0 spiro atoms. The maximum Gasteiger partial charge on any atom is 0.423 e. The van der Waals surface area contributed by atoms with E-state index < -0.39 is 17.6 Å². The summed E-state index contributed by atoms with van der Waals surface area (Å²) < 4.78 is 43.7. The Morgan fingerprint density at radius 3 is 2.61 bits per heavy atom. The van der Waals surface area contributed by atoms with Crippen LogP contribution in [0.2, 0.25) is 0 Å². The number of hydrogen-bond donors (Lipinski definition) is 1. The summed E-state index contributed by atoms with van der Waals surface area (Å²) in [6.07, 6.45) is -3.83. The van der Waals surface area contributed by atoms with Gasteiger partial charge in [-0.15, -0.1) is 0 Å². The molecule has 0 aliphatic heterocycles. The highest BCUT2D eigenvalue weighted by Crippen LogP contribution is 2.35. The van der Waals surface area contributed by atoms with Gasteiger partial charge in [-0.05, 0) is 30.5 Å². The highest BCUT2D eigenvalue weighted by atomic mass is 19.4. The molecule has 2 rings (SSSR count). The van der Waals surface area contributed by atoms with E-state index in [9.17, 15) is 13.2 Å². The largest absolute Gasteiger partial charge is 0.477 e. The molecule has 1 heterocycles. The zero-order chi connectivity index (χ0) is 17.0. The number of halogens is 3. The third kappa shape index (κ3) is 4.34. The SMILES string of the molecule is CCOc1nc(Nc2cccc(C(C)C)c2)ncc1C(F)(F)F. The maximum absolute atomic E-state index is 12.9. The van der Waals surface area contributed by atoms with Crippen molar-refractivity contribution >= 4 is 11.6 Å². The molecule has 0 saturated heterocycles. The minimum atomic E-state index is -4.55. The van der Waals surface area contributed by atoms with Gasteiger partial charge in [0.1, 0.15) is 5.56 Å². The van der Waals surface area contributed by atoms with Crippen molar-refractivity contribution in [1.29, 1.82) is 0 Å². The lowest BCUT2D eigenvalue weighted by molar-refractivity contribution is -0.139. The smallest absolute Gasteiger partial charge is 0.423 e. The molecule has 0 radical (unpaired) electrons. The highest BCUT2D eigenvalue weighted by Gasteiger charge is 2.36. The fourth-order valence-electron chi connectivity index (χ4n) is 1.97. The molecule has 0 amide bonds. The first kappa shape index (κ1) is 17.1. The normalized spacial score (nSPS) is 11.6. The standard InChI is InChI=1S/C16H18F3N3O/c1-4-23-14-13(16(17,18)19)9-20-15(22-14)21-12-7-5-6-11(8-12)10(2)3/h5-10H,4H2,1-3H3,(H,20,21,22). The summed E-state index contributed by atoms with van der Waals surface area (Å²) in [4.78, 5) is 7.57. The summed E-state index contributed by atoms with van der Waals surface area (Å²) in [6, 6.07) is 7.56. The summed E-state index contributed by atoms with van der Waals surface area (Å²) >= 11 is 0. The fraction of sp³-hybridized carbons (Fsp3) is 0.375. The Morgan fingerprint density at radius 2 is 2.00 bits per heavy atom. The van der Waals surface area contributed by atoms with Crippen molar-refractivity contribution in [1.82, 2.24) is 9.97 Å². The van der Waals surface area contributed by atoms with Gasteiger partial charge in [0.15, 0.2) is 0 Å². The van der Waals surface area contributed by atoms with Crippen LogP contribution in [0.1, 0.15) is 37.8 Å². The lowest BCUT2D eigenvalue weighted by Crippen LogP contribution is -2.12. The van der Waals surface area contributed by atoms with E-state index in [-0.39, 0.29) is 12.6 Å². The van der Waals surface area contributed by atoms with Crippen molar-refractivity contribution in [3.63, 3.8) is 0 Å². The third-order valence-electron chi connectivity index (χ3n) is 3.15. The van der Waals surface area contributed by atoms with Gasteiger partial charge in [0.2, 0.25) is 11.8 Å². The lowest BCUT2D eigenvalue weighted by Gasteiger charge is -2.14. The first-order valence-electron chi connectivity index (χ1n) is 7.25. The van der Waals surface area contributed by atoms with E-state index in [0.717, 1.165) is 11.8 Å². The summed E-state index contributed by atoms with van der Waals surface area (Å²) in [5, 5.41) is 2.91. The number of nitrogens with one attached hydrogen (secondary N) is 1. The van der Waals surface area contributed by atoms with Crippen LogP contribution in [0.3, 0.4) is 0 Å². The van der Waals surface area contributed by atoms with Crippen LogP contribution >= 0.6 is 0 Å². The number of hydrogen-bond acceptors (Lipinski definition) is 4. The second-order valence-electron chi connectivity index (χ2n) is 5.25. The van der Waals surface area contributed by atoms with Gasteiger partial charge in [0.05, 0.1) is 6.61 Å². The van der Waals surface area contributed by atoms with E-state index in [1.165, 1.54) is 0 Å². The average molecular weight is 325 g/mol. The monoisotopic (exact) mass is 325 g/mol. The molecule has 23 heavy (non-hydrogen) atoms. The van der Waals surface area contributed by atoms with Gasteiger partial charge in [-0.3, -0.25) is 0 Å². The Kier molecular flexibility index (Phi) is 5.08. The van der Waals surface area contributed by atoms with Crippen LogP contribution in [0.25, 0.3) is 0 Å². The van der Waals surface area contributed by atoms with E-state index in [1.54, 1.807) is 13.0 Å². The first-order valence-corrected chi connectivity index (χ1v) is 7.25. The van der Waals surface area contributed by atoms with E-state index in [1.807, 2.05) is 18.2 Å². The van der Waals surface area contributed by atoms with E-state index in [0.29, 0.717) is 11.6 Å². The van der Waals surface area contributed by atoms with Gasteiger partial charge < -0.3 is 10.1 Å². The van der Waals surface area contributed by atoms with Crippen molar-refractivity contribution in [2.45, 2.75) is 32.9 Å². The Balaban J connectivity index is 2.30. The molecule has 4 nitrogen and oxygen atoms in total. The van der Waals surface area contributed by atoms with Crippen molar-refractivity contribution < 1.29 is 17.9 Å². The number of alkyl halides is 3. The number of rotatable bonds is 5. The second-order valence-corrected chi connectivity index (χ2v) is 5.25. The Morgan fingerprint density at radius 1 is 1.26 bits per heavy atom. The molecule has 1 N–H and O–H groups in total. The van der Waals surface area contributed by atoms with Crippen molar-refractivity contribution in [3.05, 3.63) is 41.6 Å². The fourth-order valence-corrected chi connectivity index (χ4v) is 1.97. The summed E-state index contributed by atoms with van der Waals surface area (Å²) in [7, 11) is 0. The Hall–Kier alpha value is -2.31. The zero-order valence-corrected chi connectivity index (χ0v) is 13.1. The van der Waals surface area contributed by atoms with Gasteiger partial charge >= 0.3 is 6.18 Å². The molecule has 2 aromatic rings. The molecule has 0 unspecified atom stereocenters. The first-order chi connectivity index (χ1) is 10.8. The molecule has 1 aromatic carbocycles. The Bertz CT molecular complexity index is 672. The van der Waals surface area contributed by atoms with Crippen LogP contribution in [0, 0.1) is 0 Å². The number of aromatic nitrogens is 2. The molecule has 7 heteroatoms. The quantitative estimate of drug-likeness (QED) is 0.861. The second kappa shape index (κ2) is 6.85. The molecule has 0 aliphatic carbocycles. The summed E-state index contributed by atoms with van der Waals surface area (Å²) in [5.41, 5.74) is 0.825. The molecular weight excluding hydrogens is 307 g/mol. The van der Waals surface area contributed by atoms with Crippen LogP contribution in [0.4, 0.5) is 24.8 Å².